The number of likely N-dealkylation sites (tertiary alicyclic amines) is 1. The minimum Gasteiger partial charge on any atom is -0.393 e. The molecule has 1 aromatic heterocycles. The maximum Gasteiger partial charge on any atom is 0.272 e. The molecule has 2 heterocycles. The van der Waals surface area contributed by atoms with Crippen LogP contribution in [0.3, 0.4) is 0 Å². The Labute approximate surface area is 114 Å². The van der Waals surface area contributed by atoms with Crippen LogP contribution in [0.4, 0.5) is 0 Å². The van der Waals surface area contributed by atoms with Gasteiger partial charge in [-0.2, -0.15) is 0 Å². The van der Waals surface area contributed by atoms with Crippen molar-refractivity contribution in [3.05, 3.63) is 28.5 Å². The number of aromatic nitrogens is 1. The monoisotopic (exact) mass is 310 g/mol. The molecule has 1 aliphatic carbocycles. The Morgan fingerprint density at radius 1 is 1.39 bits per heavy atom. The number of hydrogen-bond donors (Lipinski definition) is 1. The van der Waals surface area contributed by atoms with E-state index in [2.05, 4.69) is 20.9 Å². The zero-order valence-corrected chi connectivity index (χ0v) is 11.5. The number of carbonyl (C=O) groups excluding carboxylic acids is 1. The molecule has 5 heteroatoms. The molecule has 0 spiro atoms. The molecule has 1 saturated heterocycles. The van der Waals surface area contributed by atoms with Gasteiger partial charge >= 0.3 is 0 Å². The quantitative estimate of drug-likeness (QED) is 0.859. The van der Waals surface area contributed by atoms with Crippen LogP contribution in [0.15, 0.2) is 22.8 Å². The van der Waals surface area contributed by atoms with E-state index in [1.54, 1.807) is 12.3 Å². The van der Waals surface area contributed by atoms with Crippen molar-refractivity contribution in [2.75, 3.05) is 13.1 Å². The molecule has 1 aliphatic heterocycles. The highest BCUT2D eigenvalue weighted by molar-refractivity contribution is 9.10. The van der Waals surface area contributed by atoms with Crippen LogP contribution in [-0.2, 0) is 0 Å². The summed E-state index contributed by atoms with van der Waals surface area (Å²) in [4.78, 5) is 18.2. The van der Waals surface area contributed by atoms with Crippen molar-refractivity contribution in [1.82, 2.24) is 9.88 Å². The van der Waals surface area contributed by atoms with Crippen molar-refractivity contribution in [2.45, 2.75) is 18.9 Å². The molecule has 1 saturated carbocycles. The van der Waals surface area contributed by atoms with Crippen LogP contribution in [0.1, 0.15) is 23.3 Å². The van der Waals surface area contributed by atoms with Crippen molar-refractivity contribution < 1.29 is 9.90 Å². The highest BCUT2D eigenvalue weighted by atomic mass is 79.9. The maximum atomic E-state index is 12.3. The van der Waals surface area contributed by atoms with E-state index in [-0.39, 0.29) is 17.9 Å². The summed E-state index contributed by atoms with van der Waals surface area (Å²) in [5.41, 5.74) is 0.479. The number of fused-ring (bicyclic) bond motifs is 1. The Kier molecular flexibility index (Phi) is 3.11. The highest BCUT2D eigenvalue weighted by Crippen LogP contribution is 2.38. The van der Waals surface area contributed by atoms with Crippen LogP contribution in [0.2, 0.25) is 0 Å². The zero-order valence-electron chi connectivity index (χ0n) is 9.92. The molecule has 18 heavy (non-hydrogen) atoms. The Balaban J connectivity index is 1.73. The smallest absolute Gasteiger partial charge is 0.272 e. The summed E-state index contributed by atoms with van der Waals surface area (Å²) >= 11 is 3.30. The molecule has 0 aromatic carbocycles. The molecule has 1 aromatic rings. The summed E-state index contributed by atoms with van der Waals surface area (Å²) < 4.78 is 0.868. The van der Waals surface area contributed by atoms with Gasteiger partial charge in [0.25, 0.3) is 5.91 Å². The molecular formula is C13H15BrN2O2. The highest BCUT2D eigenvalue weighted by Gasteiger charge is 2.43. The first kappa shape index (κ1) is 12.1. The standard InChI is InChI=1S/C13H15BrN2O2/c14-9-2-3-11(15-5-9)13(18)16-6-8-1-4-12(17)10(8)7-16/h2-3,5,8,10,12,17H,1,4,6-7H2. The van der Waals surface area contributed by atoms with E-state index in [9.17, 15) is 9.90 Å². The number of carbonyl (C=O) groups is 1. The van der Waals surface area contributed by atoms with E-state index in [1.807, 2.05) is 11.0 Å². The predicted octanol–water partition coefficient (Wildman–Crippen LogP) is 1.69. The third-order valence-electron chi connectivity index (χ3n) is 4.05. The van der Waals surface area contributed by atoms with Gasteiger partial charge in [0.1, 0.15) is 5.69 Å². The van der Waals surface area contributed by atoms with Crippen LogP contribution >= 0.6 is 15.9 Å². The van der Waals surface area contributed by atoms with Crippen molar-refractivity contribution in [2.24, 2.45) is 11.8 Å². The van der Waals surface area contributed by atoms with Gasteiger partial charge in [-0.05, 0) is 46.8 Å². The van der Waals surface area contributed by atoms with Crippen molar-refractivity contribution >= 4 is 21.8 Å². The lowest BCUT2D eigenvalue weighted by molar-refractivity contribution is 0.0746. The van der Waals surface area contributed by atoms with Crippen molar-refractivity contribution in [3.63, 3.8) is 0 Å². The first-order valence-electron chi connectivity index (χ1n) is 6.24. The number of pyridine rings is 1. The van der Waals surface area contributed by atoms with Gasteiger partial charge in [0.15, 0.2) is 0 Å². The predicted molar refractivity (Wildman–Crippen MR) is 70.1 cm³/mol. The Morgan fingerprint density at radius 2 is 2.22 bits per heavy atom. The van der Waals surface area contributed by atoms with Crippen molar-refractivity contribution in [3.8, 4) is 0 Å². The fourth-order valence-electron chi connectivity index (χ4n) is 3.07. The average Bonchev–Trinajstić information content (AvgIpc) is 2.92. The normalized spacial score (nSPS) is 30.6. The Morgan fingerprint density at radius 3 is 2.89 bits per heavy atom. The maximum absolute atomic E-state index is 12.3. The van der Waals surface area contributed by atoms with E-state index in [0.717, 1.165) is 23.9 Å². The van der Waals surface area contributed by atoms with Gasteiger partial charge < -0.3 is 10.0 Å². The van der Waals surface area contributed by atoms with Crippen LogP contribution < -0.4 is 0 Å². The number of halogens is 1. The summed E-state index contributed by atoms with van der Waals surface area (Å²) in [7, 11) is 0. The lowest BCUT2D eigenvalue weighted by Gasteiger charge is -2.17. The minimum absolute atomic E-state index is 0.0240. The van der Waals surface area contributed by atoms with Gasteiger partial charge in [0, 0.05) is 29.7 Å². The minimum atomic E-state index is -0.231. The molecule has 1 amide bonds. The van der Waals surface area contributed by atoms with Crippen LogP contribution in [0, 0.1) is 11.8 Å². The Bertz CT molecular complexity index is 463. The Hall–Kier alpha value is -0.940. The van der Waals surface area contributed by atoms with Gasteiger partial charge in [-0.25, -0.2) is 4.98 Å². The topological polar surface area (TPSA) is 53.4 Å². The molecule has 3 atom stereocenters. The average molecular weight is 311 g/mol. The summed E-state index contributed by atoms with van der Waals surface area (Å²) in [5, 5.41) is 9.85. The van der Waals surface area contributed by atoms with E-state index < -0.39 is 0 Å². The van der Waals surface area contributed by atoms with Gasteiger partial charge in [-0.1, -0.05) is 0 Å². The molecular weight excluding hydrogens is 296 g/mol. The van der Waals surface area contributed by atoms with E-state index in [0.29, 0.717) is 18.2 Å². The number of nitrogens with zero attached hydrogens (tertiary/aromatic N) is 2. The molecule has 2 fully saturated rings. The van der Waals surface area contributed by atoms with Gasteiger partial charge in [0.2, 0.25) is 0 Å². The molecule has 4 nitrogen and oxygen atoms in total. The number of rotatable bonds is 1. The van der Waals surface area contributed by atoms with Crippen LogP contribution in [0.25, 0.3) is 0 Å². The van der Waals surface area contributed by atoms with E-state index in [1.165, 1.54) is 0 Å². The molecule has 96 valence electrons. The fourth-order valence-corrected chi connectivity index (χ4v) is 3.30. The molecule has 1 N–H and O–H groups in total. The summed E-state index contributed by atoms with van der Waals surface area (Å²) in [5.74, 6) is 0.716. The second-order valence-electron chi connectivity index (χ2n) is 5.14. The van der Waals surface area contributed by atoms with Gasteiger partial charge in [-0.15, -0.1) is 0 Å². The second kappa shape index (κ2) is 4.63. The first-order chi connectivity index (χ1) is 8.65. The third kappa shape index (κ3) is 2.06. The van der Waals surface area contributed by atoms with Crippen molar-refractivity contribution in [1.29, 1.82) is 0 Å². The van der Waals surface area contributed by atoms with E-state index >= 15 is 0 Å². The molecule has 0 radical (unpaired) electrons. The molecule has 3 rings (SSSR count). The zero-order chi connectivity index (χ0) is 12.7. The lowest BCUT2D eigenvalue weighted by Crippen LogP contribution is -2.31. The van der Waals surface area contributed by atoms with Gasteiger partial charge in [0.05, 0.1) is 6.10 Å². The lowest BCUT2D eigenvalue weighted by atomic mass is 10.00. The van der Waals surface area contributed by atoms with Crippen LogP contribution in [-0.4, -0.2) is 40.1 Å². The summed E-state index contributed by atoms with van der Waals surface area (Å²) in [6.07, 6.45) is 3.32. The van der Waals surface area contributed by atoms with Crippen LogP contribution in [0.5, 0.6) is 0 Å². The number of aliphatic hydroxyl groups excluding tert-OH is 1. The number of hydrogen-bond acceptors (Lipinski definition) is 3. The summed E-state index contributed by atoms with van der Waals surface area (Å²) in [6.45, 7) is 1.43. The van der Waals surface area contributed by atoms with Gasteiger partial charge in [-0.3, -0.25) is 4.79 Å². The number of aliphatic hydroxyl groups is 1. The first-order valence-corrected chi connectivity index (χ1v) is 7.03. The SMILES string of the molecule is O=C(c1ccc(Br)cn1)N1CC2CCC(O)C2C1. The third-order valence-corrected chi connectivity index (χ3v) is 4.52. The fraction of sp³-hybridized carbons (Fsp3) is 0.538. The second-order valence-corrected chi connectivity index (χ2v) is 6.06. The largest absolute Gasteiger partial charge is 0.393 e. The molecule has 3 unspecified atom stereocenters. The van der Waals surface area contributed by atoms with E-state index in [4.69, 9.17) is 0 Å². The molecule has 0 bridgehead atoms. The number of amides is 1. The molecule has 2 aliphatic rings. The summed E-state index contributed by atoms with van der Waals surface area (Å²) in [6, 6.07) is 3.56.